The van der Waals surface area contributed by atoms with Crippen molar-refractivity contribution in [3.8, 4) is 0 Å². The molecule has 0 bridgehead atoms. The van der Waals surface area contributed by atoms with E-state index in [1.165, 1.54) is 30.7 Å². The highest BCUT2D eigenvalue weighted by atomic mass is 16.5. The summed E-state index contributed by atoms with van der Waals surface area (Å²) in [7, 11) is 0. The summed E-state index contributed by atoms with van der Waals surface area (Å²) < 4.78 is 5.59. The molecule has 0 spiro atoms. The summed E-state index contributed by atoms with van der Waals surface area (Å²) in [5.41, 5.74) is 0.650. The first-order valence-electron chi connectivity index (χ1n) is 6.90. The van der Waals surface area contributed by atoms with E-state index >= 15 is 0 Å². The number of ether oxygens (including phenoxy) is 1. The minimum atomic E-state index is -0.994. The van der Waals surface area contributed by atoms with E-state index in [1.54, 1.807) is 0 Å². The van der Waals surface area contributed by atoms with E-state index in [1.807, 2.05) is 0 Å². The van der Waals surface area contributed by atoms with Crippen LogP contribution in [0, 0.1) is 0 Å². The van der Waals surface area contributed by atoms with Crippen molar-refractivity contribution in [1.29, 1.82) is 0 Å². The number of amides is 1. The fourth-order valence-corrected chi connectivity index (χ4v) is 2.25. The fourth-order valence-electron chi connectivity index (χ4n) is 2.25. The van der Waals surface area contributed by atoms with Crippen molar-refractivity contribution in [2.75, 3.05) is 13.2 Å². The molecule has 5 nitrogen and oxygen atoms in total. The molecule has 1 fully saturated rings. The van der Waals surface area contributed by atoms with Gasteiger partial charge in [-0.15, -0.1) is 0 Å². The highest BCUT2D eigenvalue weighted by molar-refractivity contribution is 5.95. The minimum absolute atomic E-state index is 0.178. The second-order valence-corrected chi connectivity index (χ2v) is 4.92. The van der Waals surface area contributed by atoms with Crippen LogP contribution in [0.4, 0.5) is 0 Å². The molecule has 0 aliphatic carbocycles. The Hall–Kier alpha value is -1.88. The molecule has 1 heterocycles. The second-order valence-electron chi connectivity index (χ2n) is 4.92. The lowest BCUT2D eigenvalue weighted by atomic mass is 10.1. The number of aromatic carboxylic acids is 1. The van der Waals surface area contributed by atoms with Gasteiger partial charge in [0.15, 0.2) is 0 Å². The van der Waals surface area contributed by atoms with Crippen LogP contribution in [0.25, 0.3) is 0 Å². The number of hydrogen-bond donors (Lipinski definition) is 2. The van der Waals surface area contributed by atoms with Crippen LogP contribution in [0.3, 0.4) is 0 Å². The van der Waals surface area contributed by atoms with Gasteiger partial charge in [-0.1, -0.05) is 0 Å². The molecule has 1 saturated heterocycles. The molecule has 1 aliphatic rings. The van der Waals surface area contributed by atoms with Crippen molar-refractivity contribution >= 4 is 11.9 Å². The van der Waals surface area contributed by atoms with Crippen molar-refractivity contribution in [2.45, 2.75) is 31.8 Å². The number of carboxylic acid groups (broad SMARTS) is 1. The number of hydrogen-bond acceptors (Lipinski definition) is 3. The fraction of sp³-hybridized carbons (Fsp3) is 0.467. The van der Waals surface area contributed by atoms with Gasteiger partial charge in [-0.2, -0.15) is 0 Å². The van der Waals surface area contributed by atoms with E-state index in [4.69, 9.17) is 9.84 Å². The first kappa shape index (κ1) is 14.5. The number of carbonyl (C=O) groups is 2. The summed E-state index contributed by atoms with van der Waals surface area (Å²) in [4.78, 5) is 22.6. The minimum Gasteiger partial charge on any atom is -0.478 e. The van der Waals surface area contributed by atoms with Gasteiger partial charge in [0.25, 0.3) is 5.91 Å². The van der Waals surface area contributed by atoms with Gasteiger partial charge in [-0.25, -0.2) is 4.79 Å². The van der Waals surface area contributed by atoms with Crippen molar-refractivity contribution in [2.24, 2.45) is 0 Å². The molecule has 1 unspecified atom stereocenters. The summed E-state index contributed by atoms with van der Waals surface area (Å²) in [5, 5.41) is 11.6. The Kier molecular flexibility index (Phi) is 5.12. The SMILES string of the molecule is O=C(O)c1ccc(C(=O)NCCC2CCCCO2)cc1. The Morgan fingerprint density at radius 1 is 1.20 bits per heavy atom. The van der Waals surface area contributed by atoms with E-state index in [2.05, 4.69) is 5.32 Å². The van der Waals surface area contributed by atoms with Crippen LogP contribution in [0.1, 0.15) is 46.4 Å². The van der Waals surface area contributed by atoms with E-state index in [9.17, 15) is 9.59 Å². The average Bonchev–Trinajstić information content (AvgIpc) is 2.48. The third kappa shape index (κ3) is 4.06. The second kappa shape index (κ2) is 7.05. The summed E-state index contributed by atoms with van der Waals surface area (Å²) in [6.07, 6.45) is 4.44. The van der Waals surface area contributed by atoms with Crippen molar-refractivity contribution in [1.82, 2.24) is 5.32 Å². The van der Waals surface area contributed by atoms with Gasteiger partial charge in [-0.05, 0) is 49.9 Å². The van der Waals surface area contributed by atoms with Gasteiger partial charge < -0.3 is 15.2 Å². The lowest BCUT2D eigenvalue weighted by molar-refractivity contribution is 0.0117. The van der Waals surface area contributed by atoms with Gasteiger partial charge in [0.2, 0.25) is 0 Å². The normalized spacial score (nSPS) is 18.5. The van der Waals surface area contributed by atoms with E-state index in [0.717, 1.165) is 25.9 Å². The number of carbonyl (C=O) groups excluding carboxylic acids is 1. The molecule has 0 saturated carbocycles. The molecule has 1 aliphatic heterocycles. The Morgan fingerprint density at radius 3 is 2.50 bits per heavy atom. The van der Waals surface area contributed by atoms with Gasteiger partial charge in [0.1, 0.15) is 0 Å². The van der Waals surface area contributed by atoms with E-state index in [-0.39, 0.29) is 17.6 Å². The van der Waals surface area contributed by atoms with Gasteiger partial charge in [0.05, 0.1) is 11.7 Å². The van der Waals surface area contributed by atoms with Crippen LogP contribution in [0.5, 0.6) is 0 Å². The summed E-state index contributed by atoms with van der Waals surface area (Å²) in [5.74, 6) is -1.18. The van der Waals surface area contributed by atoms with Crippen LogP contribution in [0.15, 0.2) is 24.3 Å². The van der Waals surface area contributed by atoms with Crippen LogP contribution < -0.4 is 5.32 Å². The molecule has 20 heavy (non-hydrogen) atoms. The smallest absolute Gasteiger partial charge is 0.335 e. The first-order chi connectivity index (χ1) is 9.66. The topological polar surface area (TPSA) is 75.6 Å². The van der Waals surface area contributed by atoms with Gasteiger partial charge in [-0.3, -0.25) is 4.79 Å². The lowest BCUT2D eigenvalue weighted by Gasteiger charge is -2.22. The molecule has 0 radical (unpaired) electrons. The Bertz CT molecular complexity index is 463. The predicted molar refractivity (Wildman–Crippen MR) is 73.9 cm³/mol. The zero-order chi connectivity index (χ0) is 14.4. The maximum Gasteiger partial charge on any atom is 0.335 e. The Labute approximate surface area is 117 Å². The Balaban J connectivity index is 1.77. The number of carboxylic acids is 1. The van der Waals surface area contributed by atoms with Gasteiger partial charge in [0, 0.05) is 18.7 Å². The third-order valence-corrected chi connectivity index (χ3v) is 3.42. The monoisotopic (exact) mass is 277 g/mol. The number of benzene rings is 1. The maximum absolute atomic E-state index is 11.9. The van der Waals surface area contributed by atoms with Crippen molar-refractivity contribution < 1.29 is 19.4 Å². The van der Waals surface area contributed by atoms with Crippen LogP contribution >= 0.6 is 0 Å². The molecule has 5 heteroatoms. The standard InChI is InChI=1S/C15H19NO4/c17-14(11-4-6-12(7-5-11)15(18)19)16-9-8-13-3-1-2-10-20-13/h4-7,13H,1-3,8-10H2,(H,16,17)(H,18,19). The first-order valence-corrected chi connectivity index (χ1v) is 6.90. The molecule has 2 N–H and O–H groups in total. The zero-order valence-electron chi connectivity index (χ0n) is 11.3. The zero-order valence-corrected chi connectivity index (χ0v) is 11.3. The van der Waals surface area contributed by atoms with E-state index in [0.29, 0.717) is 12.1 Å². The highest BCUT2D eigenvalue weighted by Gasteiger charge is 2.14. The molecule has 1 aromatic rings. The third-order valence-electron chi connectivity index (χ3n) is 3.42. The Morgan fingerprint density at radius 2 is 1.90 bits per heavy atom. The van der Waals surface area contributed by atoms with Crippen LogP contribution in [0.2, 0.25) is 0 Å². The summed E-state index contributed by atoms with van der Waals surface area (Å²) in [6.45, 7) is 1.39. The molecule has 1 atom stereocenters. The quantitative estimate of drug-likeness (QED) is 0.864. The molecular formula is C15H19NO4. The van der Waals surface area contributed by atoms with Gasteiger partial charge >= 0.3 is 5.97 Å². The molecule has 1 aromatic carbocycles. The molecular weight excluding hydrogens is 258 g/mol. The van der Waals surface area contributed by atoms with Crippen LogP contribution in [-0.2, 0) is 4.74 Å². The van der Waals surface area contributed by atoms with E-state index < -0.39 is 5.97 Å². The lowest BCUT2D eigenvalue weighted by Crippen LogP contribution is -2.29. The average molecular weight is 277 g/mol. The highest BCUT2D eigenvalue weighted by Crippen LogP contribution is 2.14. The number of nitrogens with one attached hydrogen (secondary N) is 1. The molecule has 0 aromatic heterocycles. The maximum atomic E-state index is 11.9. The van der Waals surface area contributed by atoms with Crippen molar-refractivity contribution in [3.63, 3.8) is 0 Å². The predicted octanol–water partition coefficient (Wildman–Crippen LogP) is 2.07. The molecule has 1 amide bonds. The van der Waals surface area contributed by atoms with Crippen molar-refractivity contribution in [3.05, 3.63) is 35.4 Å². The summed E-state index contributed by atoms with van der Waals surface area (Å²) >= 11 is 0. The number of rotatable bonds is 5. The summed E-state index contributed by atoms with van der Waals surface area (Å²) in [6, 6.07) is 5.91. The largest absolute Gasteiger partial charge is 0.478 e. The molecule has 108 valence electrons. The molecule has 2 rings (SSSR count). The van der Waals surface area contributed by atoms with Crippen LogP contribution in [-0.4, -0.2) is 36.2 Å².